The molecule has 2 atom stereocenters. The minimum Gasteiger partial charge on any atom is -0.335 e. The number of nitrogens with one attached hydrogen (secondary N) is 2. The molecule has 0 radical (unpaired) electrons. The molecule has 2 N–H and O–H groups in total. The van der Waals surface area contributed by atoms with Gasteiger partial charge in [-0.05, 0) is 44.4 Å². The van der Waals surface area contributed by atoms with E-state index in [4.69, 9.17) is 0 Å². The summed E-state index contributed by atoms with van der Waals surface area (Å²) in [5.41, 5.74) is 3.22. The molecule has 30 heavy (non-hydrogen) atoms. The van der Waals surface area contributed by atoms with E-state index < -0.39 is 0 Å². The molecule has 5 rings (SSSR count). The topological polar surface area (TPSA) is 82.5 Å². The highest BCUT2D eigenvalue weighted by Crippen LogP contribution is 2.42. The molecule has 1 saturated carbocycles. The van der Waals surface area contributed by atoms with Gasteiger partial charge in [-0.25, -0.2) is 14.8 Å². The van der Waals surface area contributed by atoms with Crippen LogP contribution in [0, 0.1) is 6.92 Å². The minimum absolute atomic E-state index is 0.00457. The van der Waals surface area contributed by atoms with E-state index >= 15 is 0 Å². The summed E-state index contributed by atoms with van der Waals surface area (Å²) in [5.74, 6) is 2.65. The molecule has 7 heteroatoms. The van der Waals surface area contributed by atoms with Crippen LogP contribution in [-0.2, 0) is 0 Å². The molecule has 3 aliphatic rings. The van der Waals surface area contributed by atoms with Gasteiger partial charge in [0.2, 0.25) is 0 Å². The summed E-state index contributed by atoms with van der Waals surface area (Å²) in [4.78, 5) is 28.3. The van der Waals surface area contributed by atoms with Gasteiger partial charge >= 0.3 is 6.03 Å². The Morgan fingerprint density at radius 3 is 2.77 bits per heavy atom. The number of amides is 2. The predicted molar refractivity (Wildman–Crippen MR) is 117 cm³/mol. The lowest BCUT2D eigenvalue weighted by atomic mass is 9.94. The Balaban J connectivity index is 1.26. The van der Waals surface area contributed by atoms with Crippen molar-refractivity contribution in [3.8, 4) is 0 Å². The van der Waals surface area contributed by atoms with Crippen molar-refractivity contribution < 1.29 is 4.79 Å². The average Bonchev–Trinajstić information content (AvgIpc) is 3.27. The summed E-state index contributed by atoms with van der Waals surface area (Å²) in [7, 11) is 0. The van der Waals surface area contributed by atoms with Crippen molar-refractivity contribution >= 4 is 17.7 Å². The van der Waals surface area contributed by atoms with E-state index in [9.17, 15) is 4.79 Å². The molecule has 1 fully saturated rings. The summed E-state index contributed by atoms with van der Waals surface area (Å²) in [6, 6.07) is 12.4. The molecule has 7 nitrogen and oxygen atoms in total. The molecule has 2 aliphatic heterocycles. The largest absolute Gasteiger partial charge is 0.335 e. The number of nitrogens with zero attached hydrogens (tertiary/aromatic N) is 4. The first-order valence-corrected chi connectivity index (χ1v) is 10.4. The Hall–Kier alpha value is -3.22. The van der Waals surface area contributed by atoms with Crippen LogP contribution in [0.1, 0.15) is 37.6 Å². The molecule has 2 amide bonds. The smallest absolute Gasteiger partial charge is 0.318 e. The van der Waals surface area contributed by atoms with Crippen LogP contribution >= 0.6 is 0 Å². The lowest BCUT2D eigenvalue weighted by molar-refractivity contribution is 0.170. The fourth-order valence-electron chi connectivity index (χ4n) is 4.49. The lowest BCUT2D eigenvalue weighted by Gasteiger charge is -2.34. The van der Waals surface area contributed by atoms with Gasteiger partial charge < -0.3 is 15.5 Å². The van der Waals surface area contributed by atoms with Crippen LogP contribution in [0.5, 0.6) is 0 Å². The third-order valence-corrected chi connectivity index (χ3v) is 6.37. The standard InChI is InChI=1S/C23H26N6O/c1-14-24-10-9-20(26-14)28-21-17-13-29(23(2,3)18(17)12-25-21)22(30)27-19-11-16(19)15-7-5-4-6-8-15/h4-10,16,19H,11-13H2,1-3H3,(H,27,30)(H,24,25,26,28)/t16-,19+/m0/s1. The van der Waals surface area contributed by atoms with E-state index in [-0.39, 0.29) is 17.6 Å². The molecule has 0 spiro atoms. The molecule has 0 saturated heterocycles. The summed E-state index contributed by atoms with van der Waals surface area (Å²) in [6.45, 7) is 7.21. The normalized spacial score (nSPS) is 23.8. The molecule has 1 aromatic heterocycles. The zero-order valence-corrected chi connectivity index (χ0v) is 17.5. The number of aromatic nitrogens is 2. The lowest BCUT2D eigenvalue weighted by Crippen LogP contribution is -2.51. The zero-order chi connectivity index (χ0) is 20.9. The van der Waals surface area contributed by atoms with Gasteiger partial charge in [0.05, 0.1) is 18.6 Å². The van der Waals surface area contributed by atoms with Crippen LogP contribution in [0.2, 0.25) is 0 Å². The van der Waals surface area contributed by atoms with Crippen LogP contribution in [0.15, 0.2) is 58.7 Å². The highest BCUT2D eigenvalue weighted by Gasteiger charge is 2.47. The molecular weight excluding hydrogens is 376 g/mol. The highest BCUT2D eigenvalue weighted by molar-refractivity contribution is 6.11. The fraction of sp³-hybridized carbons (Fsp3) is 0.391. The van der Waals surface area contributed by atoms with Gasteiger partial charge in [-0.2, -0.15) is 0 Å². The first-order chi connectivity index (χ1) is 14.4. The molecule has 0 bridgehead atoms. The number of carbonyl (C=O) groups is 1. The molecule has 1 aliphatic carbocycles. The number of rotatable bonds is 3. The second kappa shape index (κ2) is 6.93. The minimum atomic E-state index is -0.370. The zero-order valence-electron chi connectivity index (χ0n) is 17.5. The van der Waals surface area contributed by atoms with Crippen molar-refractivity contribution in [1.29, 1.82) is 0 Å². The van der Waals surface area contributed by atoms with Crippen molar-refractivity contribution in [3.05, 3.63) is 65.1 Å². The van der Waals surface area contributed by atoms with Gasteiger partial charge in [-0.1, -0.05) is 30.3 Å². The van der Waals surface area contributed by atoms with Gasteiger partial charge in [0, 0.05) is 23.7 Å². The number of anilines is 1. The maximum Gasteiger partial charge on any atom is 0.318 e. The van der Waals surface area contributed by atoms with E-state index in [2.05, 4.69) is 63.7 Å². The van der Waals surface area contributed by atoms with Crippen molar-refractivity contribution in [1.82, 2.24) is 20.2 Å². The van der Waals surface area contributed by atoms with Gasteiger partial charge in [0.15, 0.2) is 0 Å². The summed E-state index contributed by atoms with van der Waals surface area (Å²) < 4.78 is 0. The highest BCUT2D eigenvalue weighted by atomic mass is 16.2. The third-order valence-electron chi connectivity index (χ3n) is 6.37. The van der Waals surface area contributed by atoms with Crippen LogP contribution in [-0.4, -0.2) is 51.4 Å². The number of aliphatic imine (C=N–C) groups is 1. The number of benzene rings is 1. The Labute approximate surface area is 176 Å². The molecule has 1 aromatic carbocycles. The number of urea groups is 1. The number of hydrogen-bond donors (Lipinski definition) is 2. The maximum atomic E-state index is 13.1. The van der Waals surface area contributed by atoms with E-state index in [0.29, 0.717) is 24.8 Å². The Morgan fingerprint density at radius 1 is 1.20 bits per heavy atom. The van der Waals surface area contributed by atoms with Gasteiger partial charge in [-0.3, -0.25) is 4.99 Å². The Kier molecular flexibility index (Phi) is 4.34. The number of aryl methyl sites for hydroxylation is 1. The van der Waals surface area contributed by atoms with E-state index in [0.717, 1.165) is 23.6 Å². The molecule has 2 aromatic rings. The Morgan fingerprint density at radius 2 is 2.00 bits per heavy atom. The monoisotopic (exact) mass is 402 g/mol. The predicted octanol–water partition coefficient (Wildman–Crippen LogP) is 3.27. The van der Waals surface area contributed by atoms with Crippen LogP contribution in [0.25, 0.3) is 0 Å². The van der Waals surface area contributed by atoms with Crippen molar-refractivity contribution in [2.24, 2.45) is 4.99 Å². The van der Waals surface area contributed by atoms with Gasteiger partial charge in [0.1, 0.15) is 17.5 Å². The molecular formula is C23H26N6O. The Bertz CT molecular complexity index is 1060. The average molecular weight is 403 g/mol. The van der Waals surface area contributed by atoms with E-state index in [1.54, 1.807) is 6.20 Å². The molecule has 3 heterocycles. The second-order valence-electron chi connectivity index (χ2n) is 8.69. The third kappa shape index (κ3) is 3.24. The first kappa shape index (κ1) is 18.8. The van der Waals surface area contributed by atoms with Crippen LogP contribution in [0.3, 0.4) is 0 Å². The van der Waals surface area contributed by atoms with Crippen molar-refractivity contribution in [2.45, 2.75) is 44.7 Å². The van der Waals surface area contributed by atoms with Crippen LogP contribution in [0.4, 0.5) is 10.6 Å². The maximum absolute atomic E-state index is 13.1. The van der Waals surface area contributed by atoms with E-state index in [1.807, 2.05) is 24.0 Å². The van der Waals surface area contributed by atoms with Crippen molar-refractivity contribution in [2.75, 3.05) is 18.4 Å². The summed E-state index contributed by atoms with van der Waals surface area (Å²) in [6.07, 6.45) is 2.73. The van der Waals surface area contributed by atoms with Crippen molar-refractivity contribution in [3.63, 3.8) is 0 Å². The second-order valence-corrected chi connectivity index (χ2v) is 8.69. The quantitative estimate of drug-likeness (QED) is 0.826. The number of hydrogen-bond acceptors (Lipinski definition) is 5. The number of amidine groups is 1. The van der Waals surface area contributed by atoms with E-state index in [1.165, 1.54) is 11.1 Å². The first-order valence-electron chi connectivity index (χ1n) is 10.4. The SMILES string of the molecule is Cc1nccc(NC2=NCC3=C2CN(C(=O)N[C@@H]2C[C@H]2c2ccccc2)C3(C)C)n1. The molecule has 154 valence electrons. The van der Waals surface area contributed by atoms with Gasteiger partial charge in [0.25, 0.3) is 0 Å². The number of carbonyl (C=O) groups excluding carboxylic acids is 1. The summed E-state index contributed by atoms with van der Waals surface area (Å²) in [5, 5.41) is 6.56. The van der Waals surface area contributed by atoms with Gasteiger partial charge in [-0.15, -0.1) is 0 Å². The fourth-order valence-corrected chi connectivity index (χ4v) is 4.49. The van der Waals surface area contributed by atoms with Crippen LogP contribution < -0.4 is 10.6 Å². The summed E-state index contributed by atoms with van der Waals surface area (Å²) >= 11 is 0. The molecule has 0 unspecified atom stereocenters.